The fraction of sp³-hybridized carbons (Fsp3) is 0.333. The Kier molecular flexibility index (Phi) is 8.59. The van der Waals surface area contributed by atoms with Gasteiger partial charge in [0.1, 0.15) is 0 Å². The molecule has 3 aromatic rings. The predicted molar refractivity (Wildman–Crippen MR) is 139 cm³/mol. The summed E-state index contributed by atoms with van der Waals surface area (Å²) >= 11 is 0. The van der Waals surface area contributed by atoms with E-state index in [-0.39, 0.29) is 43.3 Å². The summed E-state index contributed by atoms with van der Waals surface area (Å²) in [6, 6.07) is 19.0. The second-order valence-corrected chi connectivity index (χ2v) is 8.94. The van der Waals surface area contributed by atoms with E-state index in [2.05, 4.69) is 20.9 Å². The van der Waals surface area contributed by atoms with Crippen LogP contribution in [0.4, 0.5) is 5.69 Å². The van der Waals surface area contributed by atoms with Crippen molar-refractivity contribution in [1.29, 1.82) is 0 Å². The van der Waals surface area contributed by atoms with Crippen LogP contribution in [0, 0.1) is 0 Å². The molecule has 36 heavy (non-hydrogen) atoms. The Morgan fingerprint density at radius 3 is 2.61 bits per heavy atom. The number of amides is 3. The first-order valence-electron chi connectivity index (χ1n) is 12.2. The van der Waals surface area contributed by atoms with Crippen molar-refractivity contribution in [3.63, 3.8) is 0 Å². The number of fused-ring (bicyclic) bond motifs is 1. The van der Waals surface area contributed by atoms with Gasteiger partial charge in [-0.15, -0.1) is 0 Å². The zero-order chi connectivity index (χ0) is 25.3. The van der Waals surface area contributed by atoms with Gasteiger partial charge in [-0.25, -0.2) is 0 Å². The van der Waals surface area contributed by atoms with E-state index in [1.54, 1.807) is 11.1 Å². The normalized spacial score (nSPS) is 17.0. The Labute approximate surface area is 210 Å². The summed E-state index contributed by atoms with van der Waals surface area (Å²) < 4.78 is 0. The van der Waals surface area contributed by atoms with E-state index in [9.17, 15) is 14.4 Å². The van der Waals surface area contributed by atoms with Crippen LogP contribution in [0.3, 0.4) is 0 Å². The molecule has 1 aliphatic heterocycles. The molecule has 2 aromatic carbocycles. The Morgan fingerprint density at radius 2 is 1.81 bits per heavy atom. The number of rotatable bonds is 10. The topological polar surface area (TPSA) is 129 Å². The van der Waals surface area contributed by atoms with E-state index in [4.69, 9.17) is 5.73 Å². The van der Waals surface area contributed by atoms with Crippen LogP contribution in [0.25, 0.3) is 10.9 Å². The van der Waals surface area contributed by atoms with E-state index in [0.29, 0.717) is 31.6 Å². The van der Waals surface area contributed by atoms with Gasteiger partial charge in [-0.05, 0) is 30.5 Å². The molecule has 0 spiro atoms. The third kappa shape index (κ3) is 6.87. The summed E-state index contributed by atoms with van der Waals surface area (Å²) in [5.41, 5.74) is 7.99. The van der Waals surface area contributed by atoms with Crippen molar-refractivity contribution < 1.29 is 14.4 Å². The second-order valence-electron chi connectivity index (χ2n) is 8.94. The molecule has 3 amide bonds. The highest BCUT2D eigenvalue weighted by Gasteiger charge is 2.33. The van der Waals surface area contributed by atoms with Crippen LogP contribution in [0.2, 0.25) is 0 Å². The number of anilines is 1. The molecule has 1 aromatic heterocycles. The highest BCUT2D eigenvalue weighted by atomic mass is 16.2. The molecule has 0 radical (unpaired) electrons. The highest BCUT2D eigenvalue weighted by molar-refractivity contribution is 5.93. The van der Waals surface area contributed by atoms with Crippen LogP contribution in [0.15, 0.2) is 66.9 Å². The number of aromatic nitrogens is 1. The number of hydrogen-bond acceptors (Lipinski definition) is 6. The quantitative estimate of drug-likeness (QED) is 0.342. The monoisotopic (exact) mass is 488 g/mol. The zero-order valence-corrected chi connectivity index (χ0v) is 20.2. The van der Waals surface area contributed by atoms with Gasteiger partial charge in [-0.1, -0.05) is 48.5 Å². The van der Waals surface area contributed by atoms with Crippen molar-refractivity contribution in [2.24, 2.45) is 5.73 Å². The van der Waals surface area contributed by atoms with Crippen LogP contribution in [-0.4, -0.2) is 65.9 Å². The lowest BCUT2D eigenvalue weighted by Crippen LogP contribution is -2.45. The van der Waals surface area contributed by atoms with E-state index in [1.807, 2.05) is 60.7 Å². The van der Waals surface area contributed by atoms with Gasteiger partial charge in [-0.3, -0.25) is 19.4 Å². The molecule has 9 nitrogen and oxygen atoms in total. The number of hydrogen-bond donors (Lipinski definition) is 4. The smallest absolute Gasteiger partial charge is 0.239 e. The lowest BCUT2D eigenvalue weighted by molar-refractivity contribution is -0.133. The van der Waals surface area contributed by atoms with Crippen LogP contribution in [0.5, 0.6) is 0 Å². The van der Waals surface area contributed by atoms with E-state index >= 15 is 0 Å². The largest absolute Gasteiger partial charge is 0.351 e. The Bertz CT molecular complexity index is 1200. The summed E-state index contributed by atoms with van der Waals surface area (Å²) in [4.78, 5) is 43.8. The van der Waals surface area contributed by atoms with Crippen molar-refractivity contribution in [3.05, 3.63) is 72.4 Å². The molecule has 4 rings (SSSR count). The van der Waals surface area contributed by atoms with Gasteiger partial charge >= 0.3 is 0 Å². The van der Waals surface area contributed by atoms with Crippen molar-refractivity contribution in [2.45, 2.75) is 31.3 Å². The van der Waals surface area contributed by atoms with Crippen LogP contribution in [0.1, 0.15) is 18.4 Å². The molecule has 0 saturated carbocycles. The van der Waals surface area contributed by atoms with Crippen molar-refractivity contribution in [3.8, 4) is 0 Å². The first kappa shape index (κ1) is 25.3. The van der Waals surface area contributed by atoms with Gasteiger partial charge in [-0.2, -0.15) is 0 Å². The van der Waals surface area contributed by atoms with Gasteiger partial charge in [0.15, 0.2) is 0 Å². The third-order valence-corrected chi connectivity index (χ3v) is 6.29. The Balaban J connectivity index is 1.37. The molecule has 2 atom stereocenters. The summed E-state index contributed by atoms with van der Waals surface area (Å²) in [5.74, 6) is -0.497. The molecule has 9 heteroatoms. The molecule has 1 fully saturated rings. The van der Waals surface area contributed by atoms with Gasteiger partial charge in [0.2, 0.25) is 17.7 Å². The SMILES string of the molecule is NCC(=O)NC1CNC(C(=O)N(CCC(=O)Nc2cnc3ccccc3c2)CCc2ccccc2)C1. The molecule has 2 heterocycles. The van der Waals surface area contributed by atoms with Gasteiger partial charge in [0.25, 0.3) is 0 Å². The molecule has 1 saturated heterocycles. The van der Waals surface area contributed by atoms with E-state index in [1.165, 1.54) is 0 Å². The Hall–Kier alpha value is -3.82. The number of para-hydroxylation sites is 1. The first-order valence-corrected chi connectivity index (χ1v) is 12.2. The average Bonchev–Trinajstić information content (AvgIpc) is 3.37. The highest BCUT2D eigenvalue weighted by Crippen LogP contribution is 2.17. The maximum Gasteiger partial charge on any atom is 0.239 e. The fourth-order valence-corrected chi connectivity index (χ4v) is 4.38. The van der Waals surface area contributed by atoms with Crippen molar-refractivity contribution >= 4 is 34.3 Å². The summed E-state index contributed by atoms with van der Waals surface area (Å²) in [6.07, 6.45) is 2.97. The summed E-state index contributed by atoms with van der Waals surface area (Å²) in [5, 5.41) is 9.87. The molecule has 5 N–H and O–H groups in total. The maximum atomic E-state index is 13.4. The number of nitrogens with one attached hydrogen (secondary N) is 3. The van der Waals surface area contributed by atoms with Gasteiger partial charge < -0.3 is 26.6 Å². The average molecular weight is 489 g/mol. The van der Waals surface area contributed by atoms with Gasteiger partial charge in [0.05, 0.1) is 30.0 Å². The van der Waals surface area contributed by atoms with Crippen LogP contribution < -0.4 is 21.7 Å². The molecule has 1 aliphatic rings. The minimum absolute atomic E-state index is 0.0735. The third-order valence-electron chi connectivity index (χ3n) is 6.29. The molecular formula is C27H32N6O3. The molecule has 2 unspecified atom stereocenters. The van der Waals surface area contributed by atoms with Crippen molar-refractivity contribution in [1.82, 2.24) is 20.5 Å². The number of pyridine rings is 1. The van der Waals surface area contributed by atoms with E-state index in [0.717, 1.165) is 16.5 Å². The van der Waals surface area contributed by atoms with Crippen LogP contribution in [-0.2, 0) is 20.8 Å². The van der Waals surface area contributed by atoms with Crippen LogP contribution >= 0.6 is 0 Å². The number of carbonyl (C=O) groups is 3. The fourth-order valence-electron chi connectivity index (χ4n) is 4.38. The second kappa shape index (κ2) is 12.2. The van der Waals surface area contributed by atoms with Crippen molar-refractivity contribution in [2.75, 3.05) is 31.5 Å². The van der Waals surface area contributed by atoms with E-state index < -0.39 is 6.04 Å². The lowest BCUT2D eigenvalue weighted by Gasteiger charge is -2.26. The molecule has 0 aliphatic carbocycles. The Morgan fingerprint density at radius 1 is 1.03 bits per heavy atom. The van der Waals surface area contributed by atoms with Gasteiger partial charge in [0, 0.05) is 37.5 Å². The maximum absolute atomic E-state index is 13.4. The molecule has 0 bridgehead atoms. The summed E-state index contributed by atoms with van der Waals surface area (Å²) in [6.45, 7) is 1.20. The molecule has 188 valence electrons. The number of carbonyl (C=O) groups excluding carboxylic acids is 3. The number of nitrogens with zero attached hydrogens (tertiary/aromatic N) is 2. The minimum Gasteiger partial charge on any atom is -0.351 e. The zero-order valence-electron chi connectivity index (χ0n) is 20.2. The molecular weight excluding hydrogens is 456 g/mol. The standard InChI is InChI=1S/C27H32N6O3/c28-16-26(35)32-22-15-24(30-18-22)27(36)33(12-10-19-6-2-1-3-7-19)13-11-25(34)31-21-14-20-8-4-5-9-23(20)29-17-21/h1-9,14,17,22,24,30H,10-13,15-16,18,28H2,(H,31,34)(H,32,35). The lowest BCUT2D eigenvalue weighted by atomic mass is 10.1. The number of benzene rings is 2. The first-order chi connectivity index (χ1) is 17.5. The summed E-state index contributed by atoms with van der Waals surface area (Å²) in [7, 11) is 0. The minimum atomic E-state index is -0.420. The number of nitrogens with two attached hydrogens (primary N) is 1. The predicted octanol–water partition coefficient (Wildman–Crippen LogP) is 1.44.